The number of aromatic hydroxyl groups is 1. The Morgan fingerprint density at radius 3 is 2.47 bits per heavy atom. The topological polar surface area (TPSA) is 32.3 Å². The Hall–Kier alpha value is -1.26. The molecule has 1 atom stereocenters. The molecule has 0 aliphatic rings. The average Bonchev–Trinajstić information content (AvgIpc) is 2.45. The molecular weight excluding hydrogens is 274 g/mol. The van der Waals surface area contributed by atoms with Gasteiger partial charge in [0.15, 0.2) is 0 Å². The molecule has 2 nitrogen and oxygen atoms in total. The van der Waals surface area contributed by atoms with E-state index in [4.69, 9.17) is 0 Å². The summed E-state index contributed by atoms with van der Waals surface area (Å²) in [5, 5.41) is 13.2. The van der Waals surface area contributed by atoms with Gasteiger partial charge < -0.3 is 10.4 Å². The van der Waals surface area contributed by atoms with Crippen molar-refractivity contribution in [2.24, 2.45) is 0 Å². The van der Waals surface area contributed by atoms with Gasteiger partial charge in [0.1, 0.15) is 5.75 Å². The van der Waals surface area contributed by atoms with Crippen LogP contribution in [0, 0.1) is 0 Å². The predicted octanol–water partition coefficient (Wildman–Crippen LogP) is 3.89. The second-order valence-corrected chi connectivity index (χ2v) is 5.97. The molecule has 2 aromatic rings. The lowest BCUT2D eigenvalue weighted by Gasteiger charge is -2.13. The number of para-hydroxylation sites is 2. The first kappa shape index (κ1) is 14.2. The summed E-state index contributed by atoms with van der Waals surface area (Å²) in [4.78, 5) is 0.904. The lowest BCUT2D eigenvalue weighted by molar-refractivity contribution is 0.462. The number of thiol groups is 1. The minimum Gasteiger partial charge on any atom is -0.507 e. The van der Waals surface area contributed by atoms with Crippen LogP contribution in [-0.4, -0.2) is 22.7 Å². The van der Waals surface area contributed by atoms with E-state index in [0.717, 1.165) is 22.9 Å². The van der Waals surface area contributed by atoms with Crippen molar-refractivity contribution < 1.29 is 5.11 Å². The van der Waals surface area contributed by atoms with Crippen LogP contribution in [0.1, 0.15) is 0 Å². The number of nitrogens with one attached hydrogen (secondary N) is 1. The van der Waals surface area contributed by atoms with Gasteiger partial charge in [0, 0.05) is 28.1 Å². The van der Waals surface area contributed by atoms with Crippen molar-refractivity contribution in [3.63, 3.8) is 0 Å². The first-order valence-electron chi connectivity index (χ1n) is 6.13. The van der Waals surface area contributed by atoms with Gasteiger partial charge in [-0.15, -0.1) is 11.8 Å². The summed E-state index contributed by atoms with van der Waals surface area (Å²) in [6.07, 6.45) is 0. The quantitative estimate of drug-likeness (QED) is 0.557. The molecule has 0 aliphatic carbocycles. The Labute approximate surface area is 123 Å². The highest BCUT2D eigenvalue weighted by molar-refractivity contribution is 8.00. The Morgan fingerprint density at radius 2 is 1.74 bits per heavy atom. The van der Waals surface area contributed by atoms with Gasteiger partial charge >= 0.3 is 0 Å². The molecule has 0 fully saturated rings. The van der Waals surface area contributed by atoms with Crippen LogP contribution in [0.5, 0.6) is 5.75 Å². The highest BCUT2D eigenvalue weighted by Crippen LogP contribution is 2.28. The van der Waals surface area contributed by atoms with Gasteiger partial charge in [-0.25, -0.2) is 0 Å². The van der Waals surface area contributed by atoms with Gasteiger partial charge in [0.2, 0.25) is 0 Å². The maximum Gasteiger partial charge on any atom is 0.129 e. The smallest absolute Gasteiger partial charge is 0.129 e. The minimum absolute atomic E-state index is 0.227. The molecule has 19 heavy (non-hydrogen) atoms. The molecular formula is C15H17NOS2. The van der Waals surface area contributed by atoms with Gasteiger partial charge in [0.25, 0.3) is 0 Å². The molecule has 2 rings (SSSR count). The summed E-state index contributed by atoms with van der Waals surface area (Å²) in [5.74, 6) is 1.18. The number of hydrogen-bond donors (Lipinski definition) is 3. The molecule has 0 radical (unpaired) electrons. The Morgan fingerprint density at radius 1 is 1.05 bits per heavy atom. The summed E-state index contributed by atoms with van der Waals surface area (Å²) in [6, 6.07) is 17.5. The highest BCUT2D eigenvalue weighted by Gasteiger charge is 2.06. The number of thioether (sulfide) groups is 1. The standard InChI is InChI=1S/C15H17NOS2/c17-14-8-4-5-9-15(14)19-11-13(18)10-16-12-6-2-1-3-7-12/h1-9,13,16-18H,10-11H2. The highest BCUT2D eigenvalue weighted by atomic mass is 32.2. The summed E-state index contributed by atoms with van der Waals surface area (Å²) in [7, 11) is 0. The van der Waals surface area contributed by atoms with Crippen molar-refractivity contribution in [1.82, 2.24) is 0 Å². The molecule has 4 heteroatoms. The monoisotopic (exact) mass is 291 g/mol. The molecule has 100 valence electrons. The molecule has 2 N–H and O–H groups in total. The SMILES string of the molecule is Oc1ccccc1SCC(S)CNc1ccccc1. The third-order valence-electron chi connectivity index (χ3n) is 2.61. The van der Waals surface area contributed by atoms with E-state index in [9.17, 15) is 5.11 Å². The number of benzene rings is 2. The van der Waals surface area contributed by atoms with Crippen molar-refractivity contribution >= 4 is 30.1 Å². The van der Waals surface area contributed by atoms with Crippen molar-refractivity contribution in [3.8, 4) is 5.75 Å². The molecule has 0 spiro atoms. The van der Waals surface area contributed by atoms with Crippen molar-refractivity contribution in [2.45, 2.75) is 10.1 Å². The number of rotatable bonds is 6. The van der Waals surface area contributed by atoms with Crippen LogP contribution in [0.15, 0.2) is 59.5 Å². The molecule has 1 unspecified atom stereocenters. The zero-order valence-electron chi connectivity index (χ0n) is 10.5. The van der Waals surface area contributed by atoms with Gasteiger partial charge in [-0.2, -0.15) is 12.6 Å². The second-order valence-electron chi connectivity index (χ2n) is 4.18. The average molecular weight is 291 g/mol. The lowest BCUT2D eigenvalue weighted by Crippen LogP contribution is -2.16. The van der Waals surface area contributed by atoms with Crippen LogP contribution in [-0.2, 0) is 0 Å². The largest absolute Gasteiger partial charge is 0.507 e. The molecule has 0 heterocycles. The second kappa shape index (κ2) is 7.36. The van der Waals surface area contributed by atoms with E-state index in [0.29, 0.717) is 5.75 Å². The zero-order chi connectivity index (χ0) is 13.5. The van der Waals surface area contributed by atoms with E-state index in [1.165, 1.54) is 0 Å². The van der Waals surface area contributed by atoms with E-state index < -0.39 is 0 Å². The van der Waals surface area contributed by atoms with Crippen LogP contribution in [0.25, 0.3) is 0 Å². The Kier molecular flexibility index (Phi) is 5.48. The molecule has 0 amide bonds. The predicted molar refractivity (Wildman–Crippen MR) is 86.5 cm³/mol. The molecule has 0 saturated heterocycles. The third-order valence-corrected chi connectivity index (χ3v) is 4.45. The Bertz CT molecular complexity index is 505. The van der Waals surface area contributed by atoms with Crippen molar-refractivity contribution in [1.29, 1.82) is 0 Å². The van der Waals surface area contributed by atoms with Crippen molar-refractivity contribution in [3.05, 3.63) is 54.6 Å². The summed E-state index contributed by atoms with van der Waals surface area (Å²) >= 11 is 6.18. The fraction of sp³-hybridized carbons (Fsp3) is 0.200. The normalized spacial score (nSPS) is 12.1. The zero-order valence-corrected chi connectivity index (χ0v) is 12.2. The maximum absolute atomic E-state index is 9.67. The first-order chi connectivity index (χ1) is 9.25. The third kappa shape index (κ3) is 4.73. The lowest BCUT2D eigenvalue weighted by atomic mass is 10.3. The van der Waals surface area contributed by atoms with Gasteiger partial charge in [-0.3, -0.25) is 0 Å². The fourth-order valence-electron chi connectivity index (χ4n) is 1.62. The van der Waals surface area contributed by atoms with E-state index in [-0.39, 0.29) is 5.25 Å². The summed E-state index contributed by atoms with van der Waals surface area (Å²) in [6.45, 7) is 0.799. The van der Waals surface area contributed by atoms with Crippen LogP contribution < -0.4 is 5.32 Å². The summed E-state index contributed by atoms with van der Waals surface area (Å²) in [5.41, 5.74) is 1.11. The van der Waals surface area contributed by atoms with Gasteiger partial charge in [-0.1, -0.05) is 30.3 Å². The number of anilines is 1. The number of phenolic OH excluding ortho intramolecular Hbond substituents is 1. The van der Waals surface area contributed by atoms with Crippen molar-refractivity contribution in [2.75, 3.05) is 17.6 Å². The summed E-state index contributed by atoms with van der Waals surface area (Å²) < 4.78 is 0. The molecule has 0 aromatic heterocycles. The van der Waals surface area contributed by atoms with Crippen LogP contribution in [0.2, 0.25) is 0 Å². The fourth-order valence-corrected chi connectivity index (χ4v) is 2.81. The van der Waals surface area contributed by atoms with E-state index in [2.05, 4.69) is 17.9 Å². The first-order valence-corrected chi connectivity index (χ1v) is 7.63. The van der Waals surface area contributed by atoms with Crippen LogP contribution >= 0.6 is 24.4 Å². The van der Waals surface area contributed by atoms with Crippen LogP contribution in [0.4, 0.5) is 5.69 Å². The molecule has 0 saturated carbocycles. The minimum atomic E-state index is 0.227. The number of hydrogen-bond acceptors (Lipinski definition) is 4. The van der Waals surface area contributed by atoms with E-state index in [1.54, 1.807) is 17.8 Å². The molecule has 0 bridgehead atoms. The van der Waals surface area contributed by atoms with Crippen LogP contribution in [0.3, 0.4) is 0 Å². The van der Waals surface area contributed by atoms with E-state index >= 15 is 0 Å². The van der Waals surface area contributed by atoms with E-state index in [1.807, 2.05) is 48.5 Å². The molecule has 2 aromatic carbocycles. The maximum atomic E-state index is 9.67. The number of phenols is 1. The Balaban J connectivity index is 1.76. The molecule has 0 aliphatic heterocycles. The van der Waals surface area contributed by atoms with Gasteiger partial charge in [0.05, 0.1) is 0 Å². The van der Waals surface area contributed by atoms with Gasteiger partial charge in [-0.05, 0) is 24.3 Å².